The number of aromatic nitrogens is 4. The molecule has 3 rings (SSSR count). The van der Waals surface area contributed by atoms with Gasteiger partial charge in [0.05, 0.1) is 6.54 Å². The monoisotopic (exact) mass is 332 g/mol. The van der Waals surface area contributed by atoms with Crippen LogP contribution in [0, 0.1) is 6.92 Å². The van der Waals surface area contributed by atoms with E-state index in [1.165, 1.54) is 6.42 Å². The van der Waals surface area contributed by atoms with Gasteiger partial charge in [-0.05, 0) is 26.7 Å². The number of urea groups is 1. The average molecular weight is 332 g/mol. The maximum Gasteiger partial charge on any atom is 0.317 e. The minimum Gasteiger partial charge on any atom is -0.339 e. The molecule has 8 heteroatoms. The van der Waals surface area contributed by atoms with Gasteiger partial charge in [0.25, 0.3) is 0 Å². The minimum absolute atomic E-state index is 0.120. The first-order valence-corrected chi connectivity index (χ1v) is 8.50. The maximum atomic E-state index is 12.3. The molecule has 2 heterocycles. The van der Waals surface area contributed by atoms with Crippen molar-refractivity contribution in [1.82, 2.24) is 29.9 Å². The molecule has 1 N–H and O–H groups in total. The van der Waals surface area contributed by atoms with Crippen LogP contribution in [0.25, 0.3) is 0 Å². The summed E-state index contributed by atoms with van der Waals surface area (Å²) in [7, 11) is 0. The van der Waals surface area contributed by atoms with Gasteiger partial charge < -0.3 is 19.3 Å². The third-order valence-corrected chi connectivity index (χ3v) is 4.49. The van der Waals surface area contributed by atoms with Crippen molar-refractivity contribution < 1.29 is 9.32 Å². The number of imidazole rings is 1. The van der Waals surface area contributed by atoms with Gasteiger partial charge >= 0.3 is 6.03 Å². The average Bonchev–Trinajstić information content (AvgIpc) is 3.13. The van der Waals surface area contributed by atoms with Crippen molar-refractivity contribution in [1.29, 1.82) is 0 Å². The van der Waals surface area contributed by atoms with Crippen LogP contribution in [-0.4, -0.2) is 43.7 Å². The second-order valence-corrected chi connectivity index (χ2v) is 6.09. The Morgan fingerprint density at radius 2 is 2.33 bits per heavy atom. The van der Waals surface area contributed by atoms with Gasteiger partial charge in [-0.15, -0.1) is 0 Å². The number of nitrogens with one attached hydrogen (secondary N) is 1. The molecule has 24 heavy (non-hydrogen) atoms. The van der Waals surface area contributed by atoms with Crippen LogP contribution in [0.5, 0.6) is 0 Å². The molecular weight excluding hydrogens is 308 g/mol. The van der Waals surface area contributed by atoms with Crippen LogP contribution in [-0.2, 0) is 13.1 Å². The Bertz CT molecular complexity index is 676. The smallest absolute Gasteiger partial charge is 0.317 e. The van der Waals surface area contributed by atoms with Gasteiger partial charge in [0.15, 0.2) is 5.82 Å². The molecule has 0 atom stereocenters. The molecule has 0 aliphatic heterocycles. The Labute approximate surface area is 141 Å². The fourth-order valence-electron chi connectivity index (χ4n) is 2.69. The third-order valence-electron chi connectivity index (χ3n) is 4.49. The van der Waals surface area contributed by atoms with Crippen molar-refractivity contribution in [3.8, 4) is 0 Å². The number of hydrogen-bond donors (Lipinski definition) is 1. The molecule has 0 radical (unpaired) electrons. The number of nitrogens with zero attached hydrogens (tertiary/aromatic N) is 5. The van der Waals surface area contributed by atoms with Gasteiger partial charge in [-0.3, -0.25) is 0 Å². The summed E-state index contributed by atoms with van der Waals surface area (Å²) in [5.41, 5.74) is 0. The second kappa shape index (κ2) is 7.46. The lowest BCUT2D eigenvalue weighted by molar-refractivity contribution is 0.195. The first kappa shape index (κ1) is 16.5. The Balaban J connectivity index is 1.48. The molecule has 2 aromatic rings. The van der Waals surface area contributed by atoms with Crippen LogP contribution >= 0.6 is 0 Å². The molecule has 2 amide bonds. The van der Waals surface area contributed by atoms with E-state index in [1.807, 2.05) is 24.6 Å². The maximum absolute atomic E-state index is 12.3. The molecule has 2 aromatic heterocycles. The summed E-state index contributed by atoms with van der Waals surface area (Å²) >= 11 is 0. The quantitative estimate of drug-likeness (QED) is 0.838. The van der Waals surface area contributed by atoms with E-state index in [4.69, 9.17) is 4.52 Å². The number of hydrogen-bond acceptors (Lipinski definition) is 5. The SMILES string of the molecule is CCN(Cc1noc(C2CCC2)n1)C(=O)NCCn1ccnc1C. The molecule has 8 nitrogen and oxygen atoms in total. The summed E-state index contributed by atoms with van der Waals surface area (Å²) in [6.45, 7) is 6.07. The highest BCUT2D eigenvalue weighted by Gasteiger charge is 2.26. The lowest BCUT2D eigenvalue weighted by Gasteiger charge is -2.21. The van der Waals surface area contributed by atoms with E-state index in [1.54, 1.807) is 11.1 Å². The molecule has 0 spiro atoms. The van der Waals surface area contributed by atoms with E-state index < -0.39 is 0 Å². The Morgan fingerprint density at radius 3 is 2.96 bits per heavy atom. The summed E-state index contributed by atoms with van der Waals surface area (Å²) in [5, 5.41) is 6.93. The van der Waals surface area contributed by atoms with Crippen LogP contribution < -0.4 is 5.32 Å². The van der Waals surface area contributed by atoms with Crippen LogP contribution in [0.15, 0.2) is 16.9 Å². The van der Waals surface area contributed by atoms with Crippen LogP contribution in [0.1, 0.15) is 49.6 Å². The van der Waals surface area contributed by atoms with Gasteiger partial charge in [-0.2, -0.15) is 4.98 Å². The topological polar surface area (TPSA) is 89.1 Å². The van der Waals surface area contributed by atoms with Crippen molar-refractivity contribution in [2.24, 2.45) is 0 Å². The van der Waals surface area contributed by atoms with Crippen molar-refractivity contribution in [3.63, 3.8) is 0 Å². The van der Waals surface area contributed by atoms with Crippen LogP contribution in [0.3, 0.4) is 0 Å². The minimum atomic E-state index is -0.120. The van der Waals surface area contributed by atoms with Crippen molar-refractivity contribution in [3.05, 3.63) is 29.9 Å². The lowest BCUT2D eigenvalue weighted by Crippen LogP contribution is -2.40. The zero-order valence-electron chi connectivity index (χ0n) is 14.2. The van der Waals surface area contributed by atoms with Crippen molar-refractivity contribution in [2.45, 2.75) is 52.1 Å². The summed E-state index contributed by atoms with van der Waals surface area (Å²) < 4.78 is 7.31. The standard InChI is InChI=1S/C16H24N6O2/c1-3-21(11-14-19-15(24-20-14)13-5-4-6-13)16(23)18-8-10-22-9-7-17-12(22)2/h7,9,13H,3-6,8,10-11H2,1-2H3,(H,18,23). The summed E-state index contributed by atoms with van der Waals surface area (Å²) in [4.78, 5) is 22.6. The van der Waals surface area contributed by atoms with Crippen molar-refractivity contribution in [2.75, 3.05) is 13.1 Å². The van der Waals surface area contributed by atoms with Gasteiger partial charge in [0.2, 0.25) is 5.89 Å². The number of carbonyl (C=O) groups is 1. The number of amides is 2. The Kier molecular flexibility index (Phi) is 5.12. The highest BCUT2D eigenvalue weighted by molar-refractivity contribution is 5.73. The molecule has 0 unspecified atom stereocenters. The highest BCUT2D eigenvalue weighted by Crippen LogP contribution is 2.35. The number of rotatable bonds is 7. The zero-order chi connectivity index (χ0) is 16.9. The summed E-state index contributed by atoms with van der Waals surface area (Å²) in [5.74, 6) is 2.63. The van der Waals surface area contributed by atoms with E-state index in [-0.39, 0.29) is 6.03 Å². The third kappa shape index (κ3) is 3.74. The van der Waals surface area contributed by atoms with E-state index in [0.29, 0.717) is 43.8 Å². The molecule has 0 saturated heterocycles. The lowest BCUT2D eigenvalue weighted by atomic mass is 9.85. The molecule has 1 aliphatic carbocycles. The summed E-state index contributed by atoms with van der Waals surface area (Å²) in [6, 6.07) is -0.120. The van der Waals surface area contributed by atoms with E-state index >= 15 is 0 Å². The predicted octanol–water partition coefficient (Wildman–Crippen LogP) is 2.07. The van der Waals surface area contributed by atoms with Gasteiger partial charge in [0.1, 0.15) is 5.82 Å². The predicted molar refractivity (Wildman–Crippen MR) is 87.3 cm³/mol. The van der Waals surface area contributed by atoms with E-state index in [2.05, 4.69) is 20.4 Å². The highest BCUT2D eigenvalue weighted by atomic mass is 16.5. The molecule has 1 aliphatic rings. The molecule has 0 bridgehead atoms. The van der Waals surface area contributed by atoms with Gasteiger partial charge in [0, 0.05) is 37.9 Å². The van der Waals surface area contributed by atoms with Crippen molar-refractivity contribution >= 4 is 6.03 Å². The van der Waals surface area contributed by atoms with Crippen LogP contribution in [0.2, 0.25) is 0 Å². The fraction of sp³-hybridized carbons (Fsp3) is 0.625. The summed E-state index contributed by atoms with van der Waals surface area (Å²) in [6.07, 6.45) is 7.12. The largest absolute Gasteiger partial charge is 0.339 e. The first-order chi connectivity index (χ1) is 11.7. The molecule has 0 aromatic carbocycles. The number of aryl methyl sites for hydroxylation is 1. The normalized spacial score (nSPS) is 14.4. The van der Waals surface area contributed by atoms with Gasteiger partial charge in [-0.1, -0.05) is 11.6 Å². The molecular formula is C16H24N6O2. The molecule has 1 saturated carbocycles. The molecule has 1 fully saturated rings. The second-order valence-electron chi connectivity index (χ2n) is 6.09. The van der Waals surface area contributed by atoms with Crippen LogP contribution in [0.4, 0.5) is 4.79 Å². The first-order valence-electron chi connectivity index (χ1n) is 8.50. The number of carbonyl (C=O) groups excluding carboxylic acids is 1. The zero-order valence-corrected chi connectivity index (χ0v) is 14.2. The van der Waals surface area contributed by atoms with Gasteiger partial charge in [-0.25, -0.2) is 9.78 Å². The Morgan fingerprint density at radius 1 is 1.50 bits per heavy atom. The Hall–Kier alpha value is -2.38. The van der Waals surface area contributed by atoms with E-state index in [9.17, 15) is 4.79 Å². The fourth-order valence-corrected chi connectivity index (χ4v) is 2.69. The molecule has 130 valence electrons. The van der Waals surface area contributed by atoms with E-state index in [0.717, 1.165) is 18.7 Å².